The first-order chi connectivity index (χ1) is 18.6. The van der Waals surface area contributed by atoms with Crippen molar-refractivity contribution in [1.29, 1.82) is 0 Å². The van der Waals surface area contributed by atoms with Crippen molar-refractivity contribution in [2.45, 2.75) is 46.1 Å². The predicted octanol–water partition coefficient (Wildman–Crippen LogP) is 7.31. The topological polar surface area (TPSA) is 102 Å². The van der Waals surface area contributed by atoms with Gasteiger partial charge in [0.25, 0.3) is 5.91 Å². The van der Waals surface area contributed by atoms with Crippen LogP contribution >= 0.6 is 15.9 Å². The monoisotopic (exact) mass is 590 g/mol. The van der Waals surface area contributed by atoms with Crippen molar-refractivity contribution in [2.75, 3.05) is 17.2 Å². The number of fused-ring (bicyclic) bond motifs is 1. The summed E-state index contributed by atoms with van der Waals surface area (Å²) in [5.74, 6) is 0.445. The van der Waals surface area contributed by atoms with Gasteiger partial charge in [-0.2, -0.15) is 0 Å². The summed E-state index contributed by atoms with van der Waals surface area (Å²) in [7, 11) is 0. The van der Waals surface area contributed by atoms with Gasteiger partial charge >= 0.3 is 6.09 Å². The van der Waals surface area contributed by atoms with E-state index < -0.39 is 11.7 Å². The largest absolute Gasteiger partial charge is 0.491 e. The minimum absolute atomic E-state index is 0.276. The number of ether oxygens (including phenoxy) is 2. The number of para-hydroxylation sites is 2. The summed E-state index contributed by atoms with van der Waals surface area (Å²) in [5, 5.41) is 6.51. The molecule has 0 aliphatic rings. The van der Waals surface area contributed by atoms with Crippen LogP contribution < -0.4 is 15.4 Å². The minimum atomic E-state index is -0.628. The lowest BCUT2D eigenvalue weighted by Gasteiger charge is -2.20. The van der Waals surface area contributed by atoms with E-state index in [0.29, 0.717) is 23.5 Å². The number of nitrogens with one attached hydrogen (secondary N) is 2. The Bertz CT molecular complexity index is 1480. The maximum atomic E-state index is 12.9. The van der Waals surface area contributed by atoms with E-state index >= 15 is 0 Å². The number of nitrogens with zero attached hydrogens (tertiary/aromatic N) is 2. The third kappa shape index (κ3) is 7.77. The second-order valence-corrected chi connectivity index (χ2v) is 11.0. The lowest BCUT2D eigenvalue weighted by atomic mass is 10.1. The summed E-state index contributed by atoms with van der Waals surface area (Å²) in [6, 6.07) is 18.3. The number of anilines is 2. The fourth-order valence-corrected chi connectivity index (χ4v) is 4.36. The van der Waals surface area contributed by atoms with Crippen molar-refractivity contribution >= 4 is 50.2 Å². The molecule has 0 atom stereocenters. The molecule has 4 rings (SSSR count). The third-order valence-electron chi connectivity index (χ3n) is 5.76. The Morgan fingerprint density at radius 3 is 2.33 bits per heavy atom. The maximum Gasteiger partial charge on any atom is 0.412 e. The number of aryl methyl sites for hydroxylation is 2. The normalized spacial score (nSPS) is 11.2. The number of amides is 2. The van der Waals surface area contributed by atoms with Gasteiger partial charge in [0.15, 0.2) is 0 Å². The van der Waals surface area contributed by atoms with Crippen LogP contribution in [0.4, 0.5) is 16.2 Å². The van der Waals surface area contributed by atoms with Crippen molar-refractivity contribution in [3.05, 3.63) is 88.3 Å². The quantitative estimate of drug-likeness (QED) is 0.208. The van der Waals surface area contributed by atoms with Crippen LogP contribution in [-0.4, -0.2) is 34.2 Å². The standard InChI is InChI=1S/C30H31BrN4O4/c1-19-23-16-22(31)17-26(27(23)33-18-32-19)38-15-7-8-20-11-13-21(14-12-20)28(36)34-24-9-5-6-10-25(24)35-29(37)39-30(2,3)4/h5-6,9-14,16-18H,7-8,15H2,1-4H3,(H,34,36)(H,35,37). The summed E-state index contributed by atoms with van der Waals surface area (Å²) in [5.41, 5.74) is 3.61. The molecular weight excluding hydrogens is 560 g/mol. The van der Waals surface area contributed by atoms with Gasteiger partial charge in [-0.25, -0.2) is 14.8 Å². The van der Waals surface area contributed by atoms with Crippen LogP contribution in [0.15, 0.2) is 71.5 Å². The fraction of sp³-hybridized carbons (Fsp3) is 0.267. The highest BCUT2D eigenvalue weighted by molar-refractivity contribution is 9.10. The van der Waals surface area contributed by atoms with Crippen molar-refractivity contribution in [1.82, 2.24) is 9.97 Å². The molecular formula is C30H31BrN4O4. The van der Waals surface area contributed by atoms with Crippen LogP contribution in [-0.2, 0) is 11.2 Å². The molecule has 0 saturated heterocycles. The maximum absolute atomic E-state index is 12.9. The number of hydrogen-bond donors (Lipinski definition) is 2. The summed E-state index contributed by atoms with van der Waals surface area (Å²) >= 11 is 3.53. The van der Waals surface area contributed by atoms with E-state index in [0.717, 1.165) is 45.2 Å². The van der Waals surface area contributed by atoms with Gasteiger partial charge in [0.05, 0.1) is 18.0 Å². The second-order valence-electron chi connectivity index (χ2n) is 10.0. The van der Waals surface area contributed by atoms with Crippen molar-refractivity contribution < 1.29 is 19.1 Å². The molecule has 1 aromatic heterocycles. The molecule has 0 aliphatic heterocycles. The molecule has 2 amide bonds. The summed E-state index contributed by atoms with van der Waals surface area (Å²) in [4.78, 5) is 33.7. The zero-order valence-corrected chi connectivity index (χ0v) is 24.0. The van der Waals surface area contributed by atoms with Gasteiger partial charge in [0, 0.05) is 21.1 Å². The molecule has 39 heavy (non-hydrogen) atoms. The Morgan fingerprint density at radius 1 is 0.949 bits per heavy atom. The zero-order valence-electron chi connectivity index (χ0n) is 22.4. The second kappa shape index (κ2) is 12.3. The first-order valence-electron chi connectivity index (χ1n) is 12.6. The van der Waals surface area contributed by atoms with Gasteiger partial charge in [-0.3, -0.25) is 10.1 Å². The number of carbonyl (C=O) groups is 2. The van der Waals surface area contributed by atoms with Gasteiger partial charge in [0.1, 0.15) is 23.2 Å². The third-order valence-corrected chi connectivity index (χ3v) is 6.22. The number of hydrogen-bond acceptors (Lipinski definition) is 6. The predicted molar refractivity (Wildman–Crippen MR) is 156 cm³/mol. The number of rotatable bonds is 8. The van der Waals surface area contributed by atoms with E-state index in [1.807, 2.05) is 31.2 Å². The molecule has 0 aliphatic carbocycles. The lowest BCUT2D eigenvalue weighted by Crippen LogP contribution is -2.27. The van der Waals surface area contributed by atoms with Gasteiger partial charge in [-0.1, -0.05) is 40.2 Å². The van der Waals surface area contributed by atoms with Crippen molar-refractivity contribution in [3.63, 3.8) is 0 Å². The summed E-state index contributed by atoms with van der Waals surface area (Å²) < 4.78 is 12.3. The molecule has 202 valence electrons. The molecule has 2 N–H and O–H groups in total. The molecule has 0 saturated carbocycles. The number of carbonyl (C=O) groups excluding carboxylic acids is 2. The molecule has 9 heteroatoms. The smallest absolute Gasteiger partial charge is 0.412 e. The van der Waals surface area contributed by atoms with Gasteiger partial charge in [0.2, 0.25) is 0 Å². The van der Waals surface area contributed by atoms with E-state index in [2.05, 4.69) is 36.5 Å². The van der Waals surface area contributed by atoms with E-state index in [9.17, 15) is 9.59 Å². The molecule has 4 aromatic rings. The molecule has 0 radical (unpaired) electrons. The highest BCUT2D eigenvalue weighted by Gasteiger charge is 2.18. The molecule has 0 unspecified atom stereocenters. The Morgan fingerprint density at radius 2 is 1.64 bits per heavy atom. The number of aromatic nitrogens is 2. The first kappa shape index (κ1) is 28.0. The van der Waals surface area contributed by atoms with Crippen LogP contribution in [0.5, 0.6) is 5.75 Å². The van der Waals surface area contributed by atoms with Crippen LogP contribution in [0.3, 0.4) is 0 Å². The van der Waals surface area contributed by atoms with Gasteiger partial charge < -0.3 is 14.8 Å². The first-order valence-corrected chi connectivity index (χ1v) is 13.4. The Kier molecular flexibility index (Phi) is 8.81. The van der Waals surface area contributed by atoms with Gasteiger partial charge in [-0.15, -0.1) is 0 Å². The summed E-state index contributed by atoms with van der Waals surface area (Å²) in [6.07, 6.45) is 2.55. The molecule has 0 spiro atoms. The highest BCUT2D eigenvalue weighted by atomic mass is 79.9. The minimum Gasteiger partial charge on any atom is -0.491 e. The molecule has 0 fully saturated rings. The summed E-state index contributed by atoms with van der Waals surface area (Å²) in [6.45, 7) is 7.84. The zero-order chi connectivity index (χ0) is 28.0. The van der Waals surface area contributed by atoms with E-state index in [4.69, 9.17) is 9.47 Å². The fourth-order valence-electron chi connectivity index (χ4n) is 3.93. The van der Waals surface area contributed by atoms with Crippen LogP contribution in [0.1, 0.15) is 48.8 Å². The van der Waals surface area contributed by atoms with E-state index in [-0.39, 0.29) is 5.91 Å². The van der Waals surface area contributed by atoms with Crippen LogP contribution in [0, 0.1) is 6.92 Å². The van der Waals surface area contributed by atoms with E-state index in [1.165, 1.54) is 0 Å². The Hall–Kier alpha value is -3.98. The average Bonchev–Trinajstić information content (AvgIpc) is 2.87. The molecule has 8 nitrogen and oxygen atoms in total. The highest BCUT2D eigenvalue weighted by Crippen LogP contribution is 2.30. The molecule has 1 heterocycles. The van der Waals surface area contributed by atoms with Crippen LogP contribution in [0.25, 0.3) is 10.9 Å². The Balaban J connectivity index is 1.32. The van der Waals surface area contributed by atoms with Crippen LogP contribution in [0.2, 0.25) is 0 Å². The number of benzene rings is 3. The van der Waals surface area contributed by atoms with E-state index in [1.54, 1.807) is 63.5 Å². The molecule has 3 aromatic carbocycles. The van der Waals surface area contributed by atoms with Crippen molar-refractivity contribution in [3.8, 4) is 5.75 Å². The average molecular weight is 592 g/mol. The molecule has 0 bridgehead atoms. The van der Waals surface area contributed by atoms with Crippen molar-refractivity contribution in [2.24, 2.45) is 0 Å². The SMILES string of the molecule is Cc1ncnc2c(OCCCc3ccc(C(=O)Nc4ccccc4NC(=O)OC(C)(C)C)cc3)cc(Br)cc12. The lowest BCUT2D eigenvalue weighted by molar-refractivity contribution is 0.0635. The number of halogens is 1. The Labute approximate surface area is 236 Å². The van der Waals surface area contributed by atoms with Gasteiger partial charge in [-0.05, 0) is 82.5 Å².